The van der Waals surface area contributed by atoms with Crippen molar-refractivity contribution in [2.45, 2.75) is 18.4 Å². The van der Waals surface area contributed by atoms with Crippen molar-refractivity contribution in [1.82, 2.24) is 4.31 Å². The lowest BCUT2D eigenvalue weighted by Crippen LogP contribution is -2.26. The first-order chi connectivity index (χ1) is 9.84. The van der Waals surface area contributed by atoms with Gasteiger partial charge in [0.15, 0.2) is 0 Å². The molecule has 0 spiro atoms. The van der Waals surface area contributed by atoms with Crippen LogP contribution in [-0.4, -0.2) is 26.9 Å². The molecule has 2 aromatic rings. The van der Waals surface area contributed by atoms with Gasteiger partial charge in [0.05, 0.1) is 24.2 Å². The molecule has 0 aliphatic carbocycles. The molecule has 0 atom stereocenters. The summed E-state index contributed by atoms with van der Waals surface area (Å²) in [5.41, 5.74) is 6.04. The number of benzene rings is 1. The minimum atomic E-state index is -3.64. The smallest absolute Gasteiger partial charge is 0.243 e. The van der Waals surface area contributed by atoms with E-state index in [1.807, 2.05) is 6.92 Å². The van der Waals surface area contributed by atoms with Crippen molar-refractivity contribution >= 4 is 15.7 Å². The van der Waals surface area contributed by atoms with Gasteiger partial charge in [0.2, 0.25) is 10.0 Å². The fourth-order valence-electron chi connectivity index (χ4n) is 1.93. The van der Waals surface area contributed by atoms with Gasteiger partial charge in [0.25, 0.3) is 0 Å². The third kappa shape index (κ3) is 3.20. The van der Waals surface area contributed by atoms with Gasteiger partial charge in [-0.25, -0.2) is 8.42 Å². The van der Waals surface area contributed by atoms with Crippen LogP contribution >= 0.6 is 0 Å². The summed E-state index contributed by atoms with van der Waals surface area (Å²) in [6, 6.07) is 7.93. The van der Waals surface area contributed by atoms with Gasteiger partial charge in [0.1, 0.15) is 17.3 Å². The van der Waals surface area contributed by atoms with Gasteiger partial charge in [-0.05, 0) is 37.3 Å². The second kappa shape index (κ2) is 5.79. The number of hydrogen-bond acceptors (Lipinski definition) is 5. The van der Waals surface area contributed by atoms with Crippen LogP contribution in [0.2, 0.25) is 0 Å². The summed E-state index contributed by atoms with van der Waals surface area (Å²) in [6.45, 7) is 1.96. The van der Waals surface area contributed by atoms with Crippen LogP contribution in [0.25, 0.3) is 0 Å². The van der Waals surface area contributed by atoms with Gasteiger partial charge >= 0.3 is 0 Å². The van der Waals surface area contributed by atoms with Crippen molar-refractivity contribution in [1.29, 1.82) is 0 Å². The number of nitrogen functional groups attached to an aromatic ring is 1. The molecule has 6 nitrogen and oxygen atoms in total. The molecular formula is C14H18N2O4S. The van der Waals surface area contributed by atoms with Crippen molar-refractivity contribution in [3.63, 3.8) is 0 Å². The van der Waals surface area contributed by atoms with Crippen molar-refractivity contribution in [2.75, 3.05) is 19.9 Å². The summed E-state index contributed by atoms with van der Waals surface area (Å²) in [4.78, 5) is 0.117. The van der Waals surface area contributed by atoms with Crippen LogP contribution in [0.1, 0.15) is 11.5 Å². The summed E-state index contributed by atoms with van der Waals surface area (Å²) < 4.78 is 36.6. The molecule has 0 radical (unpaired) electrons. The number of furan rings is 1. The van der Waals surface area contributed by atoms with E-state index >= 15 is 0 Å². The highest BCUT2D eigenvalue weighted by Gasteiger charge is 2.22. The van der Waals surface area contributed by atoms with E-state index in [0.717, 1.165) is 5.76 Å². The average Bonchev–Trinajstić information content (AvgIpc) is 2.83. The number of anilines is 1. The summed E-state index contributed by atoms with van der Waals surface area (Å²) in [5.74, 6) is 1.77. The molecule has 0 saturated heterocycles. The zero-order chi connectivity index (χ0) is 15.6. The van der Waals surface area contributed by atoms with Gasteiger partial charge in [-0.15, -0.1) is 0 Å². The van der Waals surface area contributed by atoms with E-state index in [1.54, 1.807) is 12.1 Å². The highest BCUT2D eigenvalue weighted by Crippen LogP contribution is 2.26. The zero-order valence-corrected chi connectivity index (χ0v) is 13.0. The fourth-order valence-corrected chi connectivity index (χ4v) is 3.10. The number of aryl methyl sites for hydroxylation is 1. The Morgan fingerprint density at radius 3 is 2.52 bits per heavy atom. The molecule has 21 heavy (non-hydrogen) atoms. The molecule has 0 amide bonds. The maximum Gasteiger partial charge on any atom is 0.243 e. The average molecular weight is 310 g/mol. The Balaban J connectivity index is 2.26. The van der Waals surface area contributed by atoms with E-state index in [1.165, 1.54) is 36.7 Å². The molecule has 1 aromatic carbocycles. The van der Waals surface area contributed by atoms with E-state index in [0.29, 0.717) is 11.5 Å². The van der Waals surface area contributed by atoms with Crippen molar-refractivity contribution in [3.05, 3.63) is 41.9 Å². The maximum atomic E-state index is 12.5. The van der Waals surface area contributed by atoms with E-state index in [-0.39, 0.29) is 17.1 Å². The summed E-state index contributed by atoms with van der Waals surface area (Å²) >= 11 is 0. The Kier molecular flexibility index (Phi) is 4.24. The van der Waals surface area contributed by atoms with Gasteiger partial charge in [-0.2, -0.15) is 4.31 Å². The van der Waals surface area contributed by atoms with E-state index in [2.05, 4.69) is 0 Å². The van der Waals surface area contributed by atoms with Crippen LogP contribution in [0.5, 0.6) is 5.75 Å². The van der Waals surface area contributed by atoms with Crippen LogP contribution in [0.15, 0.2) is 39.6 Å². The standard InChI is InChI=1S/C14H18N2O4S/c1-10-4-5-11(20-10)9-16(2)21(17,18)12-6-7-14(19-3)13(15)8-12/h4-8H,9,15H2,1-3H3. The predicted octanol–water partition coefficient (Wildman–Crippen LogP) is 2.00. The molecule has 0 aliphatic rings. The third-order valence-electron chi connectivity index (χ3n) is 3.08. The van der Waals surface area contributed by atoms with Crippen LogP contribution in [0.4, 0.5) is 5.69 Å². The quantitative estimate of drug-likeness (QED) is 0.854. The van der Waals surface area contributed by atoms with E-state index in [9.17, 15) is 8.42 Å². The topological polar surface area (TPSA) is 85.8 Å². The second-order valence-corrected chi connectivity index (χ2v) is 6.72. The number of nitrogens with two attached hydrogens (primary N) is 1. The Morgan fingerprint density at radius 2 is 2.00 bits per heavy atom. The highest BCUT2D eigenvalue weighted by atomic mass is 32.2. The van der Waals surface area contributed by atoms with Crippen molar-refractivity contribution in [2.24, 2.45) is 0 Å². The predicted molar refractivity (Wildman–Crippen MR) is 79.5 cm³/mol. The number of nitrogens with zero attached hydrogens (tertiary/aromatic N) is 1. The third-order valence-corrected chi connectivity index (χ3v) is 4.88. The highest BCUT2D eigenvalue weighted by molar-refractivity contribution is 7.89. The molecule has 2 rings (SSSR count). The molecule has 0 aliphatic heterocycles. The molecule has 1 aromatic heterocycles. The number of methoxy groups -OCH3 is 1. The molecule has 114 valence electrons. The van der Waals surface area contributed by atoms with E-state index < -0.39 is 10.0 Å². The second-order valence-electron chi connectivity index (χ2n) is 4.68. The first-order valence-electron chi connectivity index (χ1n) is 6.30. The molecule has 0 fully saturated rings. The van der Waals surface area contributed by atoms with Gasteiger partial charge in [0, 0.05) is 7.05 Å². The van der Waals surface area contributed by atoms with Gasteiger partial charge in [-0.3, -0.25) is 0 Å². The molecule has 7 heteroatoms. The molecule has 0 saturated carbocycles. The first kappa shape index (κ1) is 15.4. The minimum Gasteiger partial charge on any atom is -0.495 e. The van der Waals surface area contributed by atoms with Gasteiger partial charge in [-0.1, -0.05) is 0 Å². The fraction of sp³-hybridized carbons (Fsp3) is 0.286. The molecule has 0 unspecified atom stereocenters. The van der Waals surface area contributed by atoms with Gasteiger partial charge < -0.3 is 14.9 Å². The summed E-state index contributed by atoms with van der Waals surface area (Å²) in [6.07, 6.45) is 0. The number of hydrogen-bond donors (Lipinski definition) is 1. The van der Waals surface area contributed by atoms with Crippen LogP contribution in [0.3, 0.4) is 0 Å². The lowest BCUT2D eigenvalue weighted by Gasteiger charge is -2.16. The Hall–Kier alpha value is -1.99. The SMILES string of the molecule is COc1ccc(S(=O)(=O)N(C)Cc2ccc(C)o2)cc1N. The Bertz CT molecular complexity index is 737. The summed E-state index contributed by atoms with van der Waals surface area (Å²) in [7, 11) is -0.667. The molecule has 1 heterocycles. The zero-order valence-electron chi connectivity index (χ0n) is 12.2. The van der Waals surface area contributed by atoms with Crippen LogP contribution in [-0.2, 0) is 16.6 Å². The number of sulfonamides is 1. The normalized spacial score (nSPS) is 11.8. The maximum absolute atomic E-state index is 12.5. The van der Waals surface area contributed by atoms with Crippen molar-refractivity contribution in [3.8, 4) is 5.75 Å². The first-order valence-corrected chi connectivity index (χ1v) is 7.74. The monoisotopic (exact) mass is 310 g/mol. The van der Waals surface area contributed by atoms with Crippen molar-refractivity contribution < 1.29 is 17.6 Å². The molecule has 2 N–H and O–H groups in total. The lowest BCUT2D eigenvalue weighted by molar-refractivity contribution is 0.397. The lowest BCUT2D eigenvalue weighted by atomic mass is 10.3. The van der Waals surface area contributed by atoms with Crippen LogP contribution < -0.4 is 10.5 Å². The molecule has 0 bridgehead atoms. The molecular weight excluding hydrogens is 292 g/mol. The largest absolute Gasteiger partial charge is 0.495 e. The van der Waals surface area contributed by atoms with Crippen LogP contribution in [0, 0.1) is 6.92 Å². The Morgan fingerprint density at radius 1 is 1.29 bits per heavy atom. The van der Waals surface area contributed by atoms with E-state index in [4.69, 9.17) is 14.9 Å². The minimum absolute atomic E-state index is 0.117. The number of ether oxygens (including phenoxy) is 1. The Labute approximate surface area is 124 Å². The summed E-state index contributed by atoms with van der Waals surface area (Å²) in [5, 5.41) is 0. The number of rotatable bonds is 5.